The molecular formula is C16H23N3O4. The van der Waals surface area contributed by atoms with Gasteiger partial charge in [0.2, 0.25) is 0 Å². The number of carbonyl (C=O) groups is 1. The van der Waals surface area contributed by atoms with Crippen molar-refractivity contribution in [2.24, 2.45) is 5.92 Å². The summed E-state index contributed by atoms with van der Waals surface area (Å²) in [4.78, 5) is 24.7. The van der Waals surface area contributed by atoms with Crippen molar-refractivity contribution in [1.82, 2.24) is 4.90 Å². The third-order valence-corrected chi connectivity index (χ3v) is 4.04. The summed E-state index contributed by atoms with van der Waals surface area (Å²) in [7, 11) is 0. The van der Waals surface area contributed by atoms with Crippen LogP contribution in [0, 0.1) is 16.0 Å². The maximum absolute atomic E-state index is 12.3. The molecule has 0 bridgehead atoms. The Balaban J connectivity index is 1.98. The van der Waals surface area contributed by atoms with E-state index in [9.17, 15) is 14.9 Å². The molecule has 2 rings (SSSR count). The number of likely N-dealkylation sites (tertiary alicyclic amines) is 1. The van der Waals surface area contributed by atoms with E-state index < -0.39 is 4.92 Å². The zero-order valence-corrected chi connectivity index (χ0v) is 13.6. The Kier molecular flexibility index (Phi) is 5.92. The molecule has 1 atom stereocenters. The second-order valence-electron chi connectivity index (χ2n) is 5.64. The Bertz CT molecular complexity index is 576. The normalized spacial score (nSPS) is 17.3. The van der Waals surface area contributed by atoms with Crippen LogP contribution in [0.5, 0.6) is 0 Å². The van der Waals surface area contributed by atoms with E-state index in [2.05, 4.69) is 5.32 Å². The standard InChI is InChI=1S/C16H23N3O4/c1-3-13-5-6-14(9-15(13)19(21)22)17-16(20)18-8-7-12(10-18)11-23-4-2/h5-6,9,12H,3-4,7-8,10-11H2,1-2H3,(H,17,20)/t12-/m1/s1. The Labute approximate surface area is 135 Å². The van der Waals surface area contributed by atoms with Crippen molar-refractivity contribution in [3.8, 4) is 0 Å². The van der Waals surface area contributed by atoms with Gasteiger partial charge < -0.3 is 15.0 Å². The first-order chi connectivity index (χ1) is 11.0. The van der Waals surface area contributed by atoms with Crippen LogP contribution in [0.2, 0.25) is 0 Å². The van der Waals surface area contributed by atoms with Gasteiger partial charge >= 0.3 is 6.03 Å². The van der Waals surface area contributed by atoms with Crippen LogP contribution < -0.4 is 5.32 Å². The van der Waals surface area contributed by atoms with Crippen molar-refractivity contribution in [3.63, 3.8) is 0 Å². The lowest BCUT2D eigenvalue weighted by Gasteiger charge is -2.17. The quantitative estimate of drug-likeness (QED) is 0.644. The lowest BCUT2D eigenvalue weighted by Crippen LogP contribution is -2.33. The van der Waals surface area contributed by atoms with Gasteiger partial charge in [0.15, 0.2) is 0 Å². The molecule has 126 valence electrons. The minimum Gasteiger partial charge on any atom is -0.381 e. The number of anilines is 1. The Morgan fingerprint density at radius 3 is 2.91 bits per heavy atom. The lowest BCUT2D eigenvalue weighted by atomic mass is 10.1. The van der Waals surface area contributed by atoms with Crippen LogP contribution in [0.1, 0.15) is 25.8 Å². The molecule has 1 aliphatic rings. The van der Waals surface area contributed by atoms with E-state index in [4.69, 9.17) is 4.74 Å². The molecule has 7 heteroatoms. The second-order valence-corrected chi connectivity index (χ2v) is 5.64. The molecule has 1 aromatic carbocycles. The van der Waals surface area contributed by atoms with Crippen molar-refractivity contribution in [3.05, 3.63) is 33.9 Å². The molecule has 1 fully saturated rings. The van der Waals surface area contributed by atoms with Gasteiger partial charge in [-0.25, -0.2) is 4.79 Å². The number of hydrogen-bond donors (Lipinski definition) is 1. The van der Waals surface area contributed by atoms with Crippen molar-refractivity contribution >= 4 is 17.4 Å². The van der Waals surface area contributed by atoms with E-state index in [0.29, 0.717) is 49.9 Å². The van der Waals surface area contributed by atoms with Crippen LogP contribution in [0.3, 0.4) is 0 Å². The number of nitrogens with one attached hydrogen (secondary N) is 1. The largest absolute Gasteiger partial charge is 0.381 e. The fourth-order valence-electron chi connectivity index (χ4n) is 2.75. The van der Waals surface area contributed by atoms with Gasteiger partial charge in [-0.2, -0.15) is 0 Å². The van der Waals surface area contributed by atoms with Gasteiger partial charge in [-0.05, 0) is 25.8 Å². The van der Waals surface area contributed by atoms with E-state index in [1.54, 1.807) is 17.0 Å². The fourth-order valence-corrected chi connectivity index (χ4v) is 2.75. The molecule has 1 aliphatic heterocycles. The van der Waals surface area contributed by atoms with Crippen molar-refractivity contribution in [2.45, 2.75) is 26.7 Å². The first-order valence-electron chi connectivity index (χ1n) is 7.96. The number of aryl methyl sites for hydroxylation is 1. The second kappa shape index (κ2) is 7.92. The Morgan fingerprint density at radius 1 is 1.48 bits per heavy atom. The highest BCUT2D eigenvalue weighted by Gasteiger charge is 2.26. The molecule has 1 heterocycles. The van der Waals surface area contributed by atoms with E-state index in [1.165, 1.54) is 6.07 Å². The number of nitro benzene ring substituents is 1. The van der Waals surface area contributed by atoms with Gasteiger partial charge in [-0.3, -0.25) is 10.1 Å². The number of rotatable bonds is 6. The molecule has 0 saturated carbocycles. The Hall–Kier alpha value is -2.15. The number of nitro groups is 1. The van der Waals surface area contributed by atoms with Gasteiger partial charge in [0, 0.05) is 42.9 Å². The maximum Gasteiger partial charge on any atom is 0.321 e. The first-order valence-corrected chi connectivity index (χ1v) is 7.96. The average molecular weight is 321 g/mol. The van der Waals surface area contributed by atoms with E-state index in [0.717, 1.165) is 6.42 Å². The zero-order chi connectivity index (χ0) is 16.8. The van der Waals surface area contributed by atoms with Gasteiger partial charge in [-0.15, -0.1) is 0 Å². The molecule has 1 aromatic rings. The summed E-state index contributed by atoms with van der Waals surface area (Å²) in [5.41, 5.74) is 1.15. The molecule has 23 heavy (non-hydrogen) atoms. The van der Waals surface area contributed by atoms with Crippen LogP contribution >= 0.6 is 0 Å². The van der Waals surface area contributed by atoms with Gasteiger partial charge in [0.1, 0.15) is 0 Å². The van der Waals surface area contributed by atoms with Crippen LogP contribution in [0.25, 0.3) is 0 Å². The zero-order valence-electron chi connectivity index (χ0n) is 13.6. The number of benzene rings is 1. The molecule has 0 aromatic heterocycles. The molecule has 1 saturated heterocycles. The molecule has 0 spiro atoms. The molecule has 0 radical (unpaired) electrons. The number of nitrogens with zero attached hydrogens (tertiary/aromatic N) is 2. The molecule has 1 N–H and O–H groups in total. The predicted octanol–water partition coefficient (Wildman–Crippen LogP) is 3.05. The summed E-state index contributed by atoms with van der Waals surface area (Å²) < 4.78 is 5.40. The Morgan fingerprint density at radius 2 is 2.26 bits per heavy atom. The van der Waals surface area contributed by atoms with Crippen LogP contribution in [0.15, 0.2) is 18.2 Å². The highest BCUT2D eigenvalue weighted by molar-refractivity contribution is 5.90. The molecular weight excluding hydrogens is 298 g/mol. The van der Waals surface area contributed by atoms with E-state index >= 15 is 0 Å². The van der Waals surface area contributed by atoms with Crippen molar-refractivity contribution in [1.29, 1.82) is 0 Å². The van der Waals surface area contributed by atoms with Crippen LogP contribution in [-0.4, -0.2) is 42.2 Å². The molecule has 0 aliphatic carbocycles. The number of hydrogen-bond acceptors (Lipinski definition) is 4. The summed E-state index contributed by atoms with van der Waals surface area (Å²) >= 11 is 0. The third kappa shape index (κ3) is 4.41. The van der Waals surface area contributed by atoms with Crippen LogP contribution in [-0.2, 0) is 11.2 Å². The summed E-state index contributed by atoms with van der Waals surface area (Å²) in [5.74, 6) is 0.359. The van der Waals surface area contributed by atoms with Gasteiger partial charge in [0.25, 0.3) is 5.69 Å². The van der Waals surface area contributed by atoms with Crippen molar-refractivity contribution < 1.29 is 14.5 Å². The van der Waals surface area contributed by atoms with E-state index in [-0.39, 0.29) is 11.7 Å². The topological polar surface area (TPSA) is 84.7 Å². The fraction of sp³-hybridized carbons (Fsp3) is 0.562. The summed E-state index contributed by atoms with van der Waals surface area (Å²) in [6.07, 6.45) is 1.50. The highest BCUT2D eigenvalue weighted by Crippen LogP contribution is 2.24. The average Bonchev–Trinajstić information content (AvgIpc) is 3.01. The lowest BCUT2D eigenvalue weighted by molar-refractivity contribution is -0.385. The molecule has 2 amide bonds. The smallest absolute Gasteiger partial charge is 0.321 e. The van der Waals surface area contributed by atoms with Crippen LogP contribution in [0.4, 0.5) is 16.2 Å². The predicted molar refractivity (Wildman–Crippen MR) is 87.7 cm³/mol. The summed E-state index contributed by atoms with van der Waals surface area (Å²) in [5, 5.41) is 13.8. The van der Waals surface area contributed by atoms with Gasteiger partial charge in [-0.1, -0.05) is 13.0 Å². The first kappa shape index (κ1) is 17.2. The number of ether oxygens (including phenoxy) is 1. The summed E-state index contributed by atoms with van der Waals surface area (Å²) in [6.45, 7) is 6.49. The minimum absolute atomic E-state index is 0.0425. The summed E-state index contributed by atoms with van der Waals surface area (Å²) in [6, 6.07) is 4.60. The van der Waals surface area contributed by atoms with Gasteiger partial charge in [0.05, 0.1) is 11.5 Å². The SMILES string of the molecule is CCOC[C@@H]1CCN(C(=O)Nc2ccc(CC)c([N+](=O)[O-])c2)C1. The number of amides is 2. The van der Waals surface area contributed by atoms with Crippen molar-refractivity contribution in [2.75, 3.05) is 31.6 Å². The minimum atomic E-state index is -0.414. The maximum atomic E-state index is 12.3. The highest BCUT2D eigenvalue weighted by atomic mass is 16.6. The number of carbonyl (C=O) groups excluding carboxylic acids is 1. The number of urea groups is 1. The van der Waals surface area contributed by atoms with E-state index in [1.807, 2.05) is 13.8 Å². The molecule has 7 nitrogen and oxygen atoms in total. The molecule has 0 unspecified atom stereocenters. The third-order valence-electron chi connectivity index (χ3n) is 4.04. The monoisotopic (exact) mass is 321 g/mol.